The van der Waals surface area contributed by atoms with E-state index in [0.717, 1.165) is 0 Å². The van der Waals surface area contributed by atoms with E-state index < -0.39 is 0 Å². The van der Waals surface area contributed by atoms with Crippen LogP contribution in [0.4, 0.5) is 0 Å². The van der Waals surface area contributed by atoms with Crippen LogP contribution in [0.1, 0.15) is 74.9 Å². The average Bonchev–Trinajstić information content (AvgIpc) is 1.59. The molecule has 21 aromatic carbocycles. The molecule has 0 aliphatic carbocycles. The summed E-state index contributed by atoms with van der Waals surface area (Å²) in [6.07, 6.45) is 0. The molecule has 2 aromatic heterocycles. The van der Waals surface area contributed by atoms with Crippen molar-refractivity contribution in [1.29, 1.82) is 0 Å². The van der Waals surface area contributed by atoms with Crippen LogP contribution in [0.25, 0.3) is 220 Å². The lowest BCUT2D eigenvalue weighted by Crippen LogP contribution is -2.10. The Hall–Kier alpha value is -15.7. The molecule has 0 saturated carbocycles. The second-order valence-electron chi connectivity index (χ2n) is 38.2. The number of benzene rings is 21. The molecule has 0 amide bonds. The molecule has 0 radical (unpaired) electrons. The van der Waals surface area contributed by atoms with Crippen molar-refractivity contribution in [3.63, 3.8) is 0 Å². The number of aryl methyl sites for hydroxylation is 4. The highest BCUT2D eigenvalue weighted by Gasteiger charge is 2.25. The normalized spacial score (nSPS) is 11.9. The van der Waals surface area contributed by atoms with Gasteiger partial charge in [-0.1, -0.05) is 428 Å². The second-order valence-corrected chi connectivity index (χ2v) is 38.2. The molecule has 0 saturated heterocycles. The molecule has 0 atom stereocenters. The molecule has 0 spiro atoms. The number of aromatic nitrogens is 2. The van der Waals surface area contributed by atoms with Crippen LogP contribution in [0.15, 0.2) is 437 Å². The fraction of sp³-hybridized carbons (Fsp3) is 0.0923. The summed E-state index contributed by atoms with van der Waals surface area (Å²) >= 11 is 0. The van der Waals surface area contributed by atoms with Crippen LogP contribution in [-0.4, -0.2) is 9.13 Å². The van der Waals surface area contributed by atoms with Crippen molar-refractivity contribution in [3.8, 4) is 134 Å². The summed E-state index contributed by atoms with van der Waals surface area (Å²) in [4.78, 5) is 0. The summed E-state index contributed by atoms with van der Waals surface area (Å²) in [5.74, 6) is 0. The Morgan fingerprint density at radius 2 is 0.333 bits per heavy atom. The Morgan fingerprint density at radius 1 is 0.144 bits per heavy atom. The lowest BCUT2D eigenvalue weighted by atomic mass is 9.84. The number of para-hydroxylation sites is 2. The van der Waals surface area contributed by atoms with Gasteiger partial charge in [0.05, 0.1) is 22.1 Å². The van der Waals surface area contributed by atoms with E-state index >= 15 is 0 Å². The Labute approximate surface area is 774 Å². The molecule has 2 heteroatoms. The van der Waals surface area contributed by atoms with E-state index in [9.17, 15) is 0 Å². The minimum atomic E-state index is 0.0532. The summed E-state index contributed by atoms with van der Waals surface area (Å²) < 4.78 is 4.81. The molecule has 0 bridgehead atoms. The van der Waals surface area contributed by atoms with Gasteiger partial charge in [0, 0.05) is 32.9 Å². The lowest BCUT2D eigenvalue weighted by Gasteiger charge is -2.19. The molecule has 2 heterocycles. The lowest BCUT2D eigenvalue weighted by molar-refractivity contribution is 0.591. The van der Waals surface area contributed by atoms with Crippen LogP contribution < -0.4 is 0 Å². The minimum Gasteiger partial charge on any atom is -0.309 e. The van der Waals surface area contributed by atoms with Gasteiger partial charge in [-0.25, -0.2) is 0 Å². The molecule has 2 nitrogen and oxygen atoms in total. The molecular formula is C130H102N2. The van der Waals surface area contributed by atoms with Crippen molar-refractivity contribution in [2.75, 3.05) is 0 Å². The van der Waals surface area contributed by atoms with Gasteiger partial charge in [0.1, 0.15) is 0 Å². The SMILES string of the molecule is Cc1ccc2c(-c3ccc(-c4ccc(-c5ccc6c(c5)c5cc(C(C)(C)C)ccc5n6-c5ccccc5)cc4)cc3)c3cc(C)ccc3c(-c3ccc(-c4ccc(-c5ccccc5)cc4)cc3)c2c1.Cc1ccc2c(-c3ccc(-c4ccc(-c5ccc6c(c5)c5cc(C(C)(C)C)ccc5n6-c5ccccc5)cc4)cc3)c3cc(C)ccc3c(-c3ccc(-c4ccccc4)cc3)c2c1. The van der Waals surface area contributed by atoms with Gasteiger partial charge < -0.3 is 9.13 Å². The number of nitrogens with zero attached hydrogens (tertiary/aromatic N) is 2. The standard InChI is InChI=1S/C68H53N.C62H49N/c1-44-17-37-59-62(40-44)66(53-30-26-50(27-31-53)48-20-18-47(19-21-48)46-12-8-6-9-13-46)58-36-16-45(2)41-63(58)67(59)54-32-28-51(29-33-54)49-22-24-52(25-23-49)55-34-38-64-60(42-55)61-43-56(68(3,4)5)35-39-65(61)69(64)57-14-10-7-11-15-57;1-40-17-33-53-56(36-40)60(47-26-22-43(23-27-47)42-12-8-6-9-13-42)52-32-16-41(2)37-57(52)61(53)48-28-24-45(25-29-48)44-18-20-46(21-19-44)49-30-34-58-54(38-49)55-39-50(62(3,4)5)31-35-59(55)63(58)51-14-10-7-11-15-51/h6-43H,1-5H3;6-39H,1-5H3. The quantitative estimate of drug-likeness (QED) is 0.102. The van der Waals surface area contributed by atoms with Gasteiger partial charge in [-0.2, -0.15) is 0 Å². The average molecular weight is 1690 g/mol. The van der Waals surface area contributed by atoms with Crippen molar-refractivity contribution in [2.45, 2.75) is 80.1 Å². The topological polar surface area (TPSA) is 9.86 Å². The monoisotopic (exact) mass is 1690 g/mol. The zero-order chi connectivity index (χ0) is 89.6. The van der Waals surface area contributed by atoms with Crippen molar-refractivity contribution in [2.24, 2.45) is 0 Å². The smallest absolute Gasteiger partial charge is 0.0541 e. The molecule has 0 fully saturated rings. The second kappa shape index (κ2) is 33.4. The Morgan fingerprint density at radius 3 is 0.568 bits per heavy atom. The number of fused-ring (bicyclic) bond motifs is 10. The van der Waals surface area contributed by atoms with Crippen LogP contribution in [0, 0.1) is 27.7 Å². The van der Waals surface area contributed by atoms with Gasteiger partial charge in [0.2, 0.25) is 0 Å². The van der Waals surface area contributed by atoms with Gasteiger partial charge >= 0.3 is 0 Å². The first-order chi connectivity index (χ1) is 64.3. The van der Waals surface area contributed by atoms with E-state index in [1.54, 1.807) is 0 Å². The Balaban J connectivity index is 0.000000155. The van der Waals surface area contributed by atoms with Crippen LogP contribution in [-0.2, 0) is 10.8 Å². The summed E-state index contributed by atoms with van der Waals surface area (Å²) in [6.45, 7) is 22.6. The highest BCUT2D eigenvalue weighted by molar-refractivity contribution is 6.24. The van der Waals surface area contributed by atoms with E-state index in [1.165, 1.54) is 254 Å². The maximum atomic E-state index is 2.40. The summed E-state index contributed by atoms with van der Waals surface area (Å²) in [6, 6.07) is 162. The van der Waals surface area contributed by atoms with Gasteiger partial charge in [-0.3, -0.25) is 0 Å². The zero-order valence-corrected chi connectivity index (χ0v) is 76.5. The third-order valence-electron chi connectivity index (χ3n) is 27.4. The molecule has 0 unspecified atom stereocenters. The Kier molecular flexibility index (Phi) is 20.7. The first kappa shape index (κ1) is 82.0. The predicted molar refractivity (Wildman–Crippen MR) is 568 cm³/mol. The van der Waals surface area contributed by atoms with Gasteiger partial charge in [-0.15, -0.1) is 0 Å². The fourth-order valence-electron chi connectivity index (χ4n) is 20.3. The van der Waals surface area contributed by atoms with Gasteiger partial charge in [0.15, 0.2) is 0 Å². The number of hydrogen-bond acceptors (Lipinski definition) is 0. The first-order valence-electron chi connectivity index (χ1n) is 46.4. The van der Waals surface area contributed by atoms with E-state index in [4.69, 9.17) is 0 Å². The molecule has 632 valence electrons. The first-order valence-corrected chi connectivity index (χ1v) is 46.4. The number of hydrogen-bond donors (Lipinski definition) is 0. The van der Waals surface area contributed by atoms with E-state index in [0.29, 0.717) is 0 Å². The Bertz CT molecular complexity index is 8350. The van der Waals surface area contributed by atoms with Crippen molar-refractivity contribution < 1.29 is 0 Å². The van der Waals surface area contributed by atoms with E-state index in [1.807, 2.05) is 0 Å². The van der Waals surface area contributed by atoms with Gasteiger partial charge in [0.25, 0.3) is 0 Å². The third kappa shape index (κ3) is 15.2. The highest BCUT2D eigenvalue weighted by atomic mass is 15.0. The third-order valence-corrected chi connectivity index (χ3v) is 27.4. The van der Waals surface area contributed by atoms with Crippen molar-refractivity contribution >= 4 is 86.7 Å². The summed E-state index contributed by atoms with van der Waals surface area (Å²) in [7, 11) is 0. The zero-order valence-electron chi connectivity index (χ0n) is 76.5. The van der Waals surface area contributed by atoms with Crippen LogP contribution in [0.3, 0.4) is 0 Å². The molecule has 0 N–H and O–H groups in total. The minimum absolute atomic E-state index is 0.0532. The fourth-order valence-corrected chi connectivity index (χ4v) is 20.3. The summed E-state index contributed by atoms with van der Waals surface area (Å²) in [5.41, 5.74) is 42.2. The van der Waals surface area contributed by atoms with Gasteiger partial charge in [-0.05, 0) is 288 Å². The molecule has 132 heavy (non-hydrogen) atoms. The number of rotatable bonds is 13. The molecular weight excluding hydrogens is 1590 g/mol. The molecule has 0 aliphatic rings. The van der Waals surface area contributed by atoms with Crippen LogP contribution in [0.2, 0.25) is 0 Å². The maximum Gasteiger partial charge on any atom is 0.0541 e. The molecule has 0 aliphatic heterocycles. The van der Waals surface area contributed by atoms with E-state index in [2.05, 4.69) is 515 Å². The van der Waals surface area contributed by atoms with E-state index in [-0.39, 0.29) is 10.8 Å². The predicted octanol–water partition coefficient (Wildman–Crippen LogP) is 36.3. The van der Waals surface area contributed by atoms with Crippen LogP contribution in [0.5, 0.6) is 0 Å². The highest BCUT2D eigenvalue weighted by Crippen LogP contribution is 2.50. The largest absolute Gasteiger partial charge is 0.309 e. The summed E-state index contributed by atoms with van der Waals surface area (Å²) in [5, 5.41) is 15.3. The van der Waals surface area contributed by atoms with Crippen molar-refractivity contribution in [1.82, 2.24) is 9.13 Å². The maximum absolute atomic E-state index is 2.40. The molecule has 23 rings (SSSR count). The van der Waals surface area contributed by atoms with Crippen molar-refractivity contribution in [3.05, 3.63) is 470 Å². The van der Waals surface area contributed by atoms with Crippen LogP contribution >= 0.6 is 0 Å². The molecule has 23 aromatic rings.